The van der Waals surface area contributed by atoms with Crippen LogP contribution in [-0.2, 0) is 14.6 Å². The monoisotopic (exact) mass is 682 g/mol. The van der Waals surface area contributed by atoms with Crippen molar-refractivity contribution in [3.63, 3.8) is 0 Å². The van der Waals surface area contributed by atoms with E-state index in [9.17, 15) is 31.2 Å². The van der Waals surface area contributed by atoms with Gasteiger partial charge in [-0.3, -0.25) is 14.8 Å². The van der Waals surface area contributed by atoms with Crippen LogP contribution in [-0.4, -0.2) is 41.4 Å². The number of hydrogen-bond donors (Lipinski definition) is 1. The average Bonchev–Trinajstić information content (AvgIpc) is 3.38. The zero-order chi connectivity index (χ0) is 34.3. The summed E-state index contributed by atoms with van der Waals surface area (Å²) in [5, 5.41) is 3.03. The van der Waals surface area contributed by atoms with Crippen LogP contribution in [0.15, 0.2) is 65.8 Å². The van der Waals surface area contributed by atoms with Crippen LogP contribution in [0.5, 0.6) is 0 Å². The minimum absolute atomic E-state index is 0.0323. The molecule has 0 spiro atoms. The molecule has 3 aliphatic rings. The van der Waals surface area contributed by atoms with Gasteiger partial charge in [-0.05, 0) is 85.3 Å². The zero-order valence-electron chi connectivity index (χ0n) is 27.2. The first-order valence-corrected chi connectivity index (χ1v) is 18.3. The Labute approximate surface area is 279 Å². The Kier molecular flexibility index (Phi) is 9.41. The van der Waals surface area contributed by atoms with Gasteiger partial charge in [0.15, 0.2) is 0 Å². The Hall–Kier alpha value is -3.80. The summed E-state index contributed by atoms with van der Waals surface area (Å²) in [6.45, 7) is 3.81. The molecule has 1 N–H and O–H groups in total. The smallest absolute Gasteiger partial charge is 0.322 e. The normalized spacial score (nSPS) is 22.8. The molecule has 6 rings (SSSR count). The van der Waals surface area contributed by atoms with Crippen LogP contribution in [0.2, 0.25) is 0 Å². The second-order valence-corrected chi connectivity index (χ2v) is 15.5. The number of carbonyl (C=O) groups excluding carboxylic acids is 2. The number of nitrogens with one attached hydrogen (secondary N) is 1. The third-order valence-corrected chi connectivity index (χ3v) is 12.3. The van der Waals surface area contributed by atoms with E-state index in [2.05, 4.69) is 15.3 Å². The molecule has 3 amide bonds. The molecule has 3 heterocycles. The van der Waals surface area contributed by atoms with Crippen molar-refractivity contribution in [3.05, 3.63) is 83.4 Å². The lowest BCUT2D eigenvalue weighted by atomic mass is 9.69. The van der Waals surface area contributed by atoms with Gasteiger partial charge in [-0.2, -0.15) is 13.2 Å². The maximum Gasteiger partial charge on any atom is 0.501 e. The maximum absolute atomic E-state index is 14.8. The fraction of sp³-hybridized carbons (Fsp3) is 0.500. The molecule has 2 unspecified atom stereocenters. The third-order valence-electron chi connectivity index (χ3n) is 10.8. The van der Waals surface area contributed by atoms with E-state index in [1.807, 2.05) is 38.1 Å². The first kappa shape index (κ1) is 34.1. The van der Waals surface area contributed by atoms with Crippen LogP contribution in [0, 0.1) is 0 Å². The number of urea groups is 1. The largest absolute Gasteiger partial charge is 0.501 e. The lowest BCUT2D eigenvalue weighted by Gasteiger charge is -2.39. The molecule has 8 nitrogen and oxygen atoms in total. The van der Waals surface area contributed by atoms with Crippen molar-refractivity contribution in [2.75, 3.05) is 4.90 Å². The quantitative estimate of drug-likeness (QED) is 0.240. The molecule has 2 aromatic heterocycles. The van der Waals surface area contributed by atoms with Crippen LogP contribution < -0.4 is 10.2 Å². The van der Waals surface area contributed by atoms with Gasteiger partial charge in [-0.15, -0.1) is 0 Å². The number of pyridine rings is 2. The molecule has 1 aromatic carbocycles. The lowest BCUT2D eigenvalue weighted by Crippen LogP contribution is -2.55. The summed E-state index contributed by atoms with van der Waals surface area (Å²) < 4.78 is 63.6. The van der Waals surface area contributed by atoms with Crippen molar-refractivity contribution in [3.8, 4) is 0 Å². The Balaban J connectivity index is 1.41. The Morgan fingerprint density at radius 1 is 0.771 bits per heavy atom. The summed E-state index contributed by atoms with van der Waals surface area (Å²) in [6, 6.07) is 10.7. The highest BCUT2D eigenvalue weighted by Gasteiger charge is 2.59. The van der Waals surface area contributed by atoms with Crippen molar-refractivity contribution < 1.29 is 31.2 Å². The summed E-state index contributed by atoms with van der Waals surface area (Å²) in [4.78, 5) is 37.9. The van der Waals surface area contributed by atoms with E-state index in [1.165, 1.54) is 12.8 Å². The van der Waals surface area contributed by atoms with E-state index in [-0.39, 0.29) is 5.69 Å². The first-order chi connectivity index (χ1) is 22.8. The number of hydrogen-bond acceptors (Lipinski definition) is 6. The van der Waals surface area contributed by atoms with Crippen LogP contribution in [0.1, 0.15) is 124 Å². The molecule has 0 radical (unpaired) electrons. The van der Waals surface area contributed by atoms with Gasteiger partial charge < -0.3 is 5.32 Å². The van der Waals surface area contributed by atoms with Crippen LogP contribution in [0.25, 0.3) is 0 Å². The fourth-order valence-corrected chi connectivity index (χ4v) is 8.67. The highest BCUT2D eigenvalue weighted by atomic mass is 32.2. The van der Waals surface area contributed by atoms with Gasteiger partial charge in [0.2, 0.25) is 0 Å². The summed E-state index contributed by atoms with van der Waals surface area (Å²) >= 11 is 0. The van der Waals surface area contributed by atoms with Crippen molar-refractivity contribution in [2.24, 2.45) is 0 Å². The molecule has 3 aromatic rings. The van der Waals surface area contributed by atoms with Gasteiger partial charge >= 0.3 is 11.5 Å². The molecular weight excluding hydrogens is 641 g/mol. The zero-order valence-corrected chi connectivity index (χ0v) is 28.0. The summed E-state index contributed by atoms with van der Waals surface area (Å²) in [6.07, 6.45) is 14.6. The molecule has 256 valence electrons. The Bertz CT molecular complexity index is 1700. The molecule has 3 fully saturated rings. The number of alkyl halides is 3. The molecule has 0 bridgehead atoms. The Morgan fingerprint density at radius 2 is 1.23 bits per heavy atom. The second-order valence-electron chi connectivity index (χ2n) is 13.5. The van der Waals surface area contributed by atoms with E-state index in [0.717, 1.165) is 103 Å². The highest BCUT2D eigenvalue weighted by molar-refractivity contribution is 7.92. The minimum atomic E-state index is -5.61. The lowest BCUT2D eigenvalue weighted by molar-refractivity contribution is -0.123. The first-order valence-electron chi connectivity index (χ1n) is 16.8. The summed E-state index contributed by atoms with van der Waals surface area (Å²) in [5.74, 6) is -1.04. The van der Waals surface area contributed by atoms with Crippen molar-refractivity contribution >= 4 is 27.5 Å². The number of nitrogens with zero attached hydrogens (tertiary/aromatic N) is 3. The van der Waals surface area contributed by atoms with Gasteiger partial charge in [-0.25, -0.2) is 18.1 Å². The number of benzene rings is 1. The highest BCUT2D eigenvalue weighted by Crippen LogP contribution is 2.46. The van der Waals surface area contributed by atoms with Crippen LogP contribution in [0.3, 0.4) is 0 Å². The number of imide groups is 1. The van der Waals surface area contributed by atoms with E-state index in [4.69, 9.17) is 0 Å². The van der Waals surface area contributed by atoms with Gasteiger partial charge in [0.1, 0.15) is 5.54 Å². The van der Waals surface area contributed by atoms with E-state index in [0.29, 0.717) is 11.8 Å². The van der Waals surface area contributed by atoms with Gasteiger partial charge in [0.05, 0.1) is 10.6 Å². The molecule has 2 aliphatic carbocycles. The van der Waals surface area contributed by atoms with E-state index in [1.54, 1.807) is 12.4 Å². The topological polar surface area (TPSA) is 109 Å². The average molecular weight is 683 g/mol. The van der Waals surface area contributed by atoms with Gasteiger partial charge in [0.25, 0.3) is 15.7 Å². The minimum Gasteiger partial charge on any atom is -0.322 e. The third kappa shape index (κ3) is 6.12. The van der Waals surface area contributed by atoms with Crippen LogP contribution >= 0.6 is 0 Å². The molecule has 12 heteroatoms. The molecule has 2 saturated carbocycles. The van der Waals surface area contributed by atoms with Crippen molar-refractivity contribution in [1.82, 2.24) is 15.3 Å². The molecular formula is C36H41F3N4O4S. The number of aromatic nitrogens is 2. The fourth-order valence-electron chi connectivity index (χ4n) is 7.91. The SMILES string of the molecule is CC(c1ccnc(C2CCCCC2)c1)C1(C(C)c2ccnc(C3CCCCC3)c2)NC(=O)N(c2ccc(S(=O)(=O)C(F)(F)F)cc2)C1=O. The number of amides is 3. The molecule has 1 saturated heterocycles. The Morgan fingerprint density at radius 3 is 1.67 bits per heavy atom. The van der Waals surface area contributed by atoms with Crippen molar-refractivity contribution in [1.29, 1.82) is 0 Å². The molecule has 48 heavy (non-hydrogen) atoms. The number of rotatable bonds is 8. The summed E-state index contributed by atoms with van der Waals surface area (Å²) in [5.41, 5.74) is -3.43. The van der Waals surface area contributed by atoms with Gasteiger partial charge in [0, 0.05) is 47.5 Å². The van der Waals surface area contributed by atoms with Gasteiger partial charge in [-0.1, -0.05) is 52.4 Å². The maximum atomic E-state index is 14.8. The number of carbonyl (C=O) groups is 2. The summed E-state index contributed by atoms with van der Waals surface area (Å²) in [7, 11) is -5.61. The van der Waals surface area contributed by atoms with Crippen molar-refractivity contribution in [2.45, 2.75) is 118 Å². The van der Waals surface area contributed by atoms with E-state index < -0.39 is 49.6 Å². The molecule has 2 atom stereocenters. The van der Waals surface area contributed by atoms with Crippen LogP contribution in [0.4, 0.5) is 23.7 Å². The molecule has 1 aliphatic heterocycles. The standard InChI is InChI=1S/C36H41F3N4O4S/c1-23(27-17-19-40-31(21-27)25-9-5-3-6-10-25)35(24(2)28-18-20-41-32(22-28)26-11-7-4-8-12-26)33(44)43(34(45)42-35)29-13-15-30(16-14-29)48(46,47)36(37,38)39/h13-26H,3-12H2,1-2H3,(H,42,45). The number of sulfone groups is 1. The predicted molar refractivity (Wildman–Crippen MR) is 175 cm³/mol. The number of anilines is 1. The number of halogens is 3. The van der Waals surface area contributed by atoms with E-state index >= 15 is 0 Å². The predicted octanol–water partition coefficient (Wildman–Crippen LogP) is 8.27. The second kappa shape index (κ2) is 13.2.